The van der Waals surface area contributed by atoms with Gasteiger partial charge >= 0.3 is 0 Å². The molecule has 0 heterocycles. The van der Waals surface area contributed by atoms with Gasteiger partial charge in [0, 0.05) is 18.1 Å². The second-order valence-corrected chi connectivity index (χ2v) is 6.43. The van der Waals surface area contributed by atoms with Gasteiger partial charge in [0.25, 0.3) is 0 Å². The third-order valence-electron chi connectivity index (χ3n) is 4.01. The molecular weight excluding hydrogens is 346 g/mol. The van der Waals surface area contributed by atoms with Gasteiger partial charge in [-0.15, -0.1) is 0 Å². The van der Waals surface area contributed by atoms with Crippen molar-refractivity contribution in [2.75, 3.05) is 7.11 Å². The molecule has 3 rings (SSSR count). The molecule has 0 radical (unpaired) electrons. The van der Waals surface area contributed by atoms with E-state index in [4.69, 9.17) is 21.1 Å². The van der Waals surface area contributed by atoms with Crippen LogP contribution in [0.4, 0.5) is 0 Å². The molecule has 0 atom stereocenters. The number of nitrogens with one attached hydrogen (secondary N) is 1. The van der Waals surface area contributed by atoms with Crippen molar-refractivity contribution in [3.8, 4) is 11.5 Å². The maximum Gasteiger partial charge on any atom is 0.161 e. The zero-order valence-corrected chi connectivity index (χ0v) is 15.5. The Morgan fingerprint density at radius 2 is 1.54 bits per heavy atom. The van der Waals surface area contributed by atoms with Crippen molar-refractivity contribution in [2.45, 2.75) is 19.7 Å². The van der Waals surface area contributed by atoms with Crippen molar-refractivity contribution in [1.82, 2.24) is 5.32 Å². The molecule has 134 valence electrons. The Labute approximate surface area is 159 Å². The molecule has 3 aromatic rings. The summed E-state index contributed by atoms with van der Waals surface area (Å²) in [7, 11) is 1.66. The van der Waals surface area contributed by atoms with E-state index in [1.165, 1.54) is 5.56 Å². The number of hydrogen-bond acceptors (Lipinski definition) is 3. The fourth-order valence-electron chi connectivity index (χ4n) is 2.68. The first kappa shape index (κ1) is 18.3. The van der Waals surface area contributed by atoms with Gasteiger partial charge < -0.3 is 14.8 Å². The highest BCUT2D eigenvalue weighted by Crippen LogP contribution is 2.29. The predicted octanol–water partition coefficient (Wildman–Crippen LogP) is 5.22. The third kappa shape index (κ3) is 5.25. The average Bonchev–Trinajstić information content (AvgIpc) is 2.67. The molecule has 0 aliphatic rings. The molecule has 0 amide bonds. The van der Waals surface area contributed by atoms with Crippen LogP contribution in [0.3, 0.4) is 0 Å². The lowest BCUT2D eigenvalue weighted by Crippen LogP contribution is -2.12. The minimum Gasteiger partial charge on any atom is -0.493 e. The lowest BCUT2D eigenvalue weighted by Gasteiger charge is -2.13. The highest BCUT2D eigenvalue weighted by Gasteiger charge is 2.07. The molecule has 0 bridgehead atoms. The van der Waals surface area contributed by atoms with Gasteiger partial charge in [-0.2, -0.15) is 0 Å². The summed E-state index contributed by atoms with van der Waals surface area (Å²) in [4.78, 5) is 0. The Hall–Kier alpha value is -2.49. The van der Waals surface area contributed by atoms with Crippen molar-refractivity contribution in [3.05, 3.63) is 94.5 Å². The van der Waals surface area contributed by atoms with Gasteiger partial charge in [0.1, 0.15) is 6.61 Å². The molecule has 0 saturated carbocycles. The highest BCUT2D eigenvalue weighted by molar-refractivity contribution is 6.30. The molecule has 0 aromatic heterocycles. The lowest BCUT2D eigenvalue weighted by atomic mass is 10.2. The Morgan fingerprint density at radius 3 is 2.31 bits per heavy atom. The fraction of sp³-hybridized carbons (Fsp3) is 0.182. The summed E-state index contributed by atoms with van der Waals surface area (Å²) in [5.41, 5.74) is 3.43. The smallest absolute Gasteiger partial charge is 0.161 e. The van der Waals surface area contributed by atoms with Gasteiger partial charge in [-0.3, -0.25) is 0 Å². The molecule has 0 aliphatic carbocycles. The van der Waals surface area contributed by atoms with Crippen LogP contribution in [0.2, 0.25) is 5.02 Å². The van der Waals surface area contributed by atoms with Crippen molar-refractivity contribution in [2.24, 2.45) is 0 Å². The SMILES string of the molecule is COc1cc(CNCc2ccccc2)ccc1OCc1cccc(Cl)c1. The zero-order valence-electron chi connectivity index (χ0n) is 14.7. The van der Waals surface area contributed by atoms with Crippen LogP contribution in [0.25, 0.3) is 0 Å². The van der Waals surface area contributed by atoms with E-state index in [0.717, 1.165) is 35.7 Å². The van der Waals surface area contributed by atoms with E-state index in [-0.39, 0.29) is 0 Å². The molecule has 0 aliphatic heterocycles. The number of rotatable bonds is 8. The first-order valence-electron chi connectivity index (χ1n) is 8.53. The van der Waals surface area contributed by atoms with Crippen LogP contribution in [0, 0.1) is 0 Å². The van der Waals surface area contributed by atoms with Crippen LogP contribution in [-0.2, 0) is 19.7 Å². The molecular formula is C22H22ClNO2. The molecule has 0 fully saturated rings. The van der Waals surface area contributed by atoms with Crippen molar-refractivity contribution >= 4 is 11.6 Å². The largest absolute Gasteiger partial charge is 0.493 e. The lowest BCUT2D eigenvalue weighted by molar-refractivity contribution is 0.284. The van der Waals surface area contributed by atoms with Crippen LogP contribution in [0.1, 0.15) is 16.7 Å². The number of methoxy groups -OCH3 is 1. The first-order valence-corrected chi connectivity index (χ1v) is 8.91. The number of ether oxygens (including phenoxy) is 2. The van der Waals surface area contributed by atoms with Gasteiger partial charge in [0.2, 0.25) is 0 Å². The van der Waals surface area contributed by atoms with E-state index >= 15 is 0 Å². The number of benzene rings is 3. The Balaban J connectivity index is 1.58. The van der Waals surface area contributed by atoms with E-state index < -0.39 is 0 Å². The van der Waals surface area contributed by atoms with E-state index in [2.05, 4.69) is 17.4 Å². The van der Waals surface area contributed by atoms with Gasteiger partial charge in [-0.25, -0.2) is 0 Å². The van der Waals surface area contributed by atoms with Gasteiger partial charge in [-0.05, 0) is 41.0 Å². The summed E-state index contributed by atoms with van der Waals surface area (Å²) in [6, 6.07) is 24.0. The fourth-order valence-corrected chi connectivity index (χ4v) is 2.89. The molecule has 0 unspecified atom stereocenters. The number of halogens is 1. The van der Waals surface area contributed by atoms with Gasteiger partial charge in [0.05, 0.1) is 7.11 Å². The maximum atomic E-state index is 6.01. The zero-order chi connectivity index (χ0) is 18.2. The van der Waals surface area contributed by atoms with Crippen LogP contribution in [-0.4, -0.2) is 7.11 Å². The van der Waals surface area contributed by atoms with Crippen molar-refractivity contribution in [1.29, 1.82) is 0 Å². The van der Waals surface area contributed by atoms with Crippen LogP contribution >= 0.6 is 11.6 Å². The molecule has 0 spiro atoms. The Morgan fingerprint density at radius 1 is 0.769 bits per heavy atom. The monoisotopic (exact) mass is 367 g/mol. The average molecular weight is 368 g/mol. The van der Waals surface area contributed by atoms with E-state index in [9.17, 15) is 0 Å². The topological polar surface area (TPSA) is 30.5 Å². The quantitative estimate of drug-likeness (QED) is 0.592. The third-order valence-corrected chi connectivity index (χ3v) is 4.25. The summed E-state index contributed by atoms with van der Waals surface area (Å²) in [5, 5.41) is 4.15. The summed E-state index contributed by atoms with van der Waals surface area (Å²) < 4.78 is 11.4. The van der Waals surface area contributed by atoms with Crippen molar-refractivity contribution in [3.63, 3.8) is 0 Å². The predicted molar refractivity (Wildman–Crippen MR) is 106 cm³/mol. The summed E-state index contributed by atoms with van der Waals surface area (Å²) in [6.45, 7) is 2.04. The minimum absolute atomic E-state index is 0.447. The standard InChI is InChI=1S/C22H22ClNO2/c1-25-22-13-18(15-24-14-17-6-3-2-4-7-17)10-11-21(22)26-16-19-8-5-9-20(23)12-19/h2-13,24H,14-16H2,1H3. The molecule has 0 saturated heterocycles. The van der Waals surface area contributed by atoms with Gasteiger partial charge in [0.15, 0.2) is 11.5 Å². The molecule has 4 heteroatoms. The van der Waals surface area contributed by atoms with E-state index in [1.807, 2.05) is 60.7 Å². The second kappa shape index (κ2) is 9.27. The summed E-state index contributed by atoms with van der Waals surface area (Å²) in [6.07, 6.45) is 0. The normalized spacial score (nSPS) is 10.5. The highest BCUT2D eigenvalue weighted by atomic mass is 35.5. The van der Waals surface area contributed by atoms with Gasteiger partial charge in [-0.1, -0.05) is 60.1 Å². The van der Waals surface area contributed by atoms with Crippen molar-refractivity contribution < 1.29 is 9.47 Å². The molecule has 1 N–H and O–H groups in total. The number of hydrogen-bond donors (Lipinski definition) is 1. The Bertz CT molecular complexity index is 837. The van der Waals surface area contributed by atoms with E-state index in [1.54, 1.807) is 7.11 Å². The Kier molecular flexibility index (Phi) is 6.53. The second-order valence-electron chi connectivity index (χ2n) is 5.99. The molecule has 26 heavy (non-hydrogen) atoms. The molecule has 3 nitrogen and oxygen atoms in total. The summed E-state index contributed by atoms with van der Waals surface area (Å²) in [5.74, 6) is 1.45. The van der Waals surface area contributed by atoms with E-state index in [0.29, 0.717) is 11.6 Å². The maximum absolute atomic E-state index is 6.01. The van der Waals surface area contributed by atoms with Crippen LogP contribution in [0.5, 0.6) is 11.5 Å². The first-order chi connectivity index (χ1) is 12.7. The molecule has 3 aromatic carbocycles. The van der Waals surface area contributed by atoms with Crippen LogP contribution in [0.15, 0.2) is 72.8 Å². The minimum atomic E-state index is 0.447. The van der Waals surface area contributed by atoms with Crippen LogP contribution < -0.4 is 14.8 Å². The summed E-state index contributed by atoms with van der Waals surface area (Å²) >= 11 is 6.01.